The van der Waals surface area contributed by atoms with Gasteiger partial charge in [0.05, 0.1) is 30.6 Å². The molecule has 1 aromatic carbocycles. The summed E-state index contributed by atoms with van der Waals surface area (Å²) in [6.07, 6.45) is 3.05. The number of ether oxygens (including phenoxy) is 2. The summed E-state index contributed by atoms with van der Waals surface area (Å²) in [6, 6.07) is 6.19. The smallest absolute Gasteiger partial charge is 0.308 e. The zero-order valence-corrected chi connectivity index (χ0v) is 23.3. The number of methoxy groups -OCH3 is 1. The molecule has 1 aromatic rings. The molecule has 10 heteroatoms. The normalized spacial score (nSPS) is 22.2. The van der Waals surface area contributed by atoms with Crippen molar-refractivity contribution in [3.8, 4) is 0 Å². The van der Waals surface area contributed by atoms with Crippen LogP contribution in [0.3, 0.4) is 0 Å². The van der Waals surface area contributed by atoms with Crippen molar-refractivity contribution >= 4 is 60.4 Å². The molecule has 184 valence electrons. The first-order chi connectivity index (χ1) is 15.6. The SMILES string of the molecule is COC(=O)C[C@@H]1CC[C@H](OS(=O)(=O)c2ccc(Br)cc2)[C@H](CCC(=O)CC(C)C/C=C/I)O1. The Balaban J connectivity index is 2.07. The molecule has 7 nitrogen and oxygen atoms in total. The second-order valence-corrected chi connectivity index (χ2v) is 11.4. The van der Waals surface area contributed by atoms with E-state index in [0.29, 0.717) is 25.7 Å². The molecule has 1 unspecified atom stereocenters. The van der Waals surface area contributed by atoms with Crippen molar-refractivity contribution < 1.29 is 31.7 Å². The topological polar surface area (TPSA) is 96.0 Å². The highest BCUT2D eigenvalue weighted by Gasteiger charge is 2.36. The lowest BCUT2D eigenvalue weighted by molar-refractivity contribution is -0.153. The highest BCUT2D eigenvalue weighted by Crippen LogP contribution is 2.30. The maximum atomic E-state index is 12.8. The number of carbonyl (C=O) groups is 2. The second-order valence-electron chi connectivity index (χ2n) is 8.18. The number of esters is 1. The molecule has 1 heterocycles. The van der Waals surface area contributed by atoms with E-state index in [1.54, 1.807) is 12.1 Å². The van der Waals surface area contributed by atoms with Gasteiger partial charge in [0.1, 0.15) is 11.9 Å². The van der Waals surface area contributed by atoms with E-state index in [1.807, 2.05) is 17.1 Å². The van der Waals surface area contributed by atoms with Gasteiger partial charge in [0, 0.05) is 17.3 Å². The van der Waals surface area contributed by atoms with Gasteiger partial charge in [-0.25, -0.2) is 0 Å². The Hall–Kier alpha value is -0.820. The van der Waals surface area contributed by atoms with Crippen molar-refractivity contribution in [2.45, 2.75) is 75.1 Å². The van der Waals surface area contributed by atoms with Crippen molar-refractivity contribution in [1.82, 2.24) is 0 Å². The summed E-state index contributed by atoms with van der Waals surface area (Å²) in [5.74, 6) is -0.0703. The number of hydrogen-bond donors (Lipinski definition) is 0. The number of hydrogen-bond acceptors (Lipinski definition) is 7. The summed E-state index contributed by atoms with van der Waals surface area (Å²) in [4.78, 5) is 24.2. The van der Waals surface area contributed by atoms with Crippen LogP contribution in [0.5, 0.6) is 0 Å². The van der Waals surface area contributed by atoms with E-state index in [-0.39, 0.29) is 29.4 Å². The Kier molecular flexibility index (Phi) is 12.0. The first-order valence-electron chi connectivity index (χ1n) is 10.8. The minimum absolute atomic E-state index is 0.0503. The molecule has 2 rings (SSSR count). The van der Waals surface area contributed by atoms with Crippen LogP contribution in [-0.4, -0.2) is 45.6 Å². The maximum Gasteiger partial charge on any atom is 0.308 e. The monoisotopic (exact) mass is 656 g/mol. The molecule has 1 aliphatic rings. The fourth-order valence-corrected chi connectivity index (χ4v) is 5.39. The summed E-state index contributed by atoms with van der Waals surface area (Å²) in [7, 11) is -2.70. The predicted molar refractivity (Wildman–Crippen MR) is 137 cm³/mol. The number of Topliss-reactive ketones (excluding diaryl/α,β-unsaturated/α-hetero) is 1. The first kappa shape index (κ1) is 28.4. The average Bonchev–Trinajstić information content (AvgIpc) is 2.77. The molecule has 0 aliphatic carbocycles. The van der Waals surface area contributed by atoms with Crippen LogP contribution in [0.15, 0.2) is 43.8 Å². The van der Waals surface area contributed by atoms with Gasteiger partial charge in [0.25, 0.3) is 10.1 Å². The molecule has 0 radical (unpaired) electrons. The summed E-state index contributed by atoms with van der Waals surface area (Å²) in [6.45, 7) is 2.02. The van der Waals surface area contributed by atoms with Crippen molar-refractivity contribution in [1.29, 1.82) is 0 Å². The Morgan fingerprint density at radius 2 is 1.97 bits per heavy atom. The van der Waals surface area contributed by atoms with Crippen molar-refractivity contribution in [3.63, 3.8) is 0 Å². The number of halogens is 2. The molecule has 0 bridgehead atoms. The number of rotatable bonds is 12. The van der Waals surface area contributed by atoms with Gasteiger partial charge in [-0.3, -0.25) is 13.8 Å². The van der Waals surface area contributed by atoms with Crippen LogP contribution in [0.1, 0.15) is 51.9 Å². The first-order valence-corrected chi connectivity index (χ1v) is 14.3. The van der Waals surface area contributed by atoms with Crippen molar-refractivity contribution in [3.05, 3.63) is 38.9 Å². The van der Waals surface area contributed by atoms with Crippen LogP contribution in [0.2, 0.25) is 0 Å². The average molecular weight is 657 g/mol. The largest absolute Gasteiger partial charge is 0.469 e. The summed E-state index contributed by atoms with van der Waals surface area (Å²) in [5.41, 5.74) is 0. The number of carbonyl (C=O) groups excluding carboxylic acids is 2. The second kappa shape index (κ2) is 13.9. The molecular formula is C23H30BrIO7S. The van der Waals surface area contributed by atoms with E-state index >= 15 is 0 Å². The highest BCUT2D eigenvalue weighted by molar-refractivity contribution is 14.1. The van der Waals surface area contributed by atoms with Gasteiger partial charge in [0.15, 0.2) is 0 Å². The minimum Gasteiger partial charge on any atom is -0.469 e. The Morgan fingerprint density at radius 1 is 1.27 bits per heavy atom. The van der Waals surface area contributed by atoms with Crippen LogP contribution < -0.4 is 0 Å². The van der Waals surface area contributed by atoms with E-state index in [9.17, 15) is 18.0 Å². The van der Waals surface area contributed by atoms with Crippen molar-refractivity contribution in [2.24, 2.45) is 5.92 Å². The summed E-state index contributed by atoms with van der Waals surface area (Å²) >= 11 is 5.44. The maximum absolute atomic E-state index is 12.8. The molecule has 33 heavy (non-hydrogen) atoms. The molecule has 0 aromatic heterocycles. The third kappa shape index (κ3) is 9.75. The van der Waals surface area contributed by atoms with E-state index in [0.717, 1.165) is 10.9 Å². The van der Waals surface area contributed by atoms with Gasteiger partial charge in [-0.05, 0) is 59.9 Å². The molecular weight excluding hydrogens is 627 g/mol. The van der Waals surface area contributed by atoms with E-state index in [4.69, 9.17) is 13.7 Å². The number of ketones is 1. The van der Waals surface area contributed by atoms with Crippen LogP contribution >= 0.6 is 38.5 Å². The van der Waals surface area contributed by atoms with Gasteiger partial charge in [-0.2, -0.15) is 8.42 Å². The molecule has 1 saturated heterocycles. The van der Waals surface area contributed by atoms with E-state index in [2.05, 4.69) is 38.5 Å². The van der Waals surface area contributed by atoms with Gasteiger partial charge in [-0.1, -0.05) is 51.5 Å². The van der Waals surface area contributed by atoms with Crippen molar-refractivity contribution in [2.75, 3.05) is 7.11 Å². The lowest BCUT2D eigenvalue weighted by Gasteiger charge is -2.35. The van der Waals surface area contributed by atoms with Gasteiger partial charge in [-0.15, -0.1) is 0 Å². The van der Waals surface area contributed by atoms with Crippen LogP contribution in [0.25, 0.3) is 0 Å². The fraction of sp³-hybridized carbons (Fsp3) is 0.565. The van der Waals surface area contributed by atoms with Gasteiger partial charge < -0.3 is 9.47 Å². The highest BCUT2D eigenvalue weighted by atomic mass is 127. The zero-order chi connectivity index (χ0) is 24.4. The standard InChI is InChI=1S/C23H30BrIO7S/c1-16(4-3-13-25)14-18(26)7-11-21-22(12-8-19(31-21)15-23(27)30-2)32-33(28,29)20-9-5-17(24)6-10-20/h3,5-6,9-10,13,16,19,21-22H,4,7-8,11-12,14-15H2,1-2H3/b13-3+/t16?,19-,21-,22-/m0/s1. The molecule has 0 spiro atoms. The lowest BCUT2D eigenvalue weighted by Crippen LogP contribution is -2.42. The Morgan fingerprint density at radius 3 is 2.61 bits per heavy atom. The quantitative estimate of drug-likeness (QED) is 0.170. The molecule has 0 N–H and O–H groups in total. The molecule has 0 amide bonds. The van der Waals surface area contributed by atoms with Crippen LogP contribution in [-0.2, 0) is 33.4 Å². The molecule has 4 atom stereocenters. The summed E-state index contributed by atoms with van der Waals surface area (Å²) < 4.78 is 44.6. The molecule has 1 aliphatic heterocycles. The van der Waals surface area contributed by atoms with Gasteiger partial charge >= 0.3 is 5.97 Å². The van der Waals surface area contributed by atoms with Crippen LogP contribution in [0.4, 0.5) is 0 Å². The van der Waals surface area contributed by atoms with Crippen LogP contribution in [0, 0.1) is 5.92 Å². The summed E-state index contributed by atoms with van der Waals surface area (Å²) in [5, 5.41) is 0. The Bertz CT molecular complexity index is 917. The predicted octanol–water partition coefficient (Wildman–Crippen LogP) is 5.35. The van der Waals surface area contributed by atoms with Gasteiger partial charge in [0.2, 0.25) is 0 Å². The number of allylic oxidation sites excluding steroid dienone is 1. The Labute approximate surface area is 218 Å². The third-order valence-corrected chi connectivity index (χ3v) is 7.83. The molecule has 0 saturated carbocycles. The van der Waals surface area contributed by atoms with E-state index < -0.39 is 34.4 Å². The lowest BCUT2D eigenvalue weighted by atomic mass is 9.93. The molecule has 1 fully saturated rings. The van der Waals surface area contributed by atoms with E-state index in [1.165, 1.54) is 19.2 Å². The zero-order valence-electron chi connectivity index (χ0n) is 18.7. The minimum atomic E-state index is -4.01. The fourth-order valence-electron chi connectivity index (χ4n) is 3.70. The third-order valence-electron chi connectivity index (χ3n) is 5.44. The number of benzene rings is 1.